The van der Waals surface area contributed by atoms with Gasteiger partial charge in [-0.3, -0.25) is 13.2 Å². The average molecular weight is 342 g/mol. The Morgan fingerprint density at radius 1 is 0.905 bits per heavy atom. The van der Waals surface area contributed by atoms with Crippen molar-refractivity contribution in [2.24, 2.45) is 0 Å². The summed E-state index contributed by atoms with van der Waals surface area (Å²) in [7, 11) is -5.17. The Hall–Kier alpha value is 1.34. The van der Waals surface area contributed by atoms with E-state index in [1.165, 1.54) is 51.9 Å². The van der Waals surface area contributed by atoms with Gasteiger partial charge in [-0.25, -0.2) is 0 Å². The molecular weight excluding hydrogens is 318 g/mol. The summed E-state index contributed by atoms with van der Waals surface area (Å²) in [5.41, 5.74) is 0. The SMILES string of the molecule is CCCCCCCCCCOC(C)=O.O=S(=O)([O-])[O-].[Na+].[Na+]. The van der Waals surface area contributed by atoms with Crippen molar-refractivity contribution in [1.82, 2.24) is 0 Å². The Morgan fingerprint density at radius 2 is 1.24 bits per heavy atom. The Kier molecular flexibility index (Phi) is 30.7. The number of carbonyl (C=O) groups excluding carboxylic acids is 1. The molecule has 0 radical (unpaired) electrons. The number of hydrogen-bond acceptors (Lipinski definition) is 6. The molecule has 0 atom stereocenters. The van der Waals surface area contributed by atoms with Crippen LogP contribution in [0.1, 0.15) is 65.2 Å². The van der Waals surface area contributed by atoms with E-state index in [1.807, 2.05) is 0 Å². The number of rotatable bonds is 9. The van der Waals surface area contributed by atoms with Gasteiger partial charge in [0.1, 0.15) is 0 Å². The predicted octanol–water partition coefficient (Wildman–Crippen LogP) is -3.64. The first-order valence-electron chi connectivity index (χ1n) is 6.57. The largest absolute Gasteiger partial charge is 1.00 e. The molecule has 0 fully saturated rings. The monoisotopic (exact) mass is 342 g/mol. The number of ether oxygens (including phenoxy) is 1. The maximum Gasteiger partial charge on any atom is 1.00 e. The van der Waals surface area contributed by atoms with E-state index in [1.54, 1.807) is 0 Å². The zero-order valence-corrected chi connectivity index (χ0v) is 18.5. The third kappa shape index (κ3) is 52.4. The molecule has 6 nitrogen and oxygen atoms in total. The van der Waals surface area contributed by atoms with Gasteiger partial charge in [0.15, 0.2) is 0 Å². The van der Waals surface area contributed by atoms with Gasteiger partial charge in [-0.1, -0.05) is 51.9 Å². The third-order valence-corrected chi connectivity index (χ3v) is 2.30. The molecule has 0 aromatic rings. The fourth-order valence-electron chi connectivity index (χ4n) is 1.45. The second-order valence-electron chi connectivity index (χ2n) is 4.22. The molecule has 0 unspecified atom stereocenters. The molecule has 0 heterocycles. The first-order chi connectivity index (χ1) is 8.77. The van der Waals surface area contributed by atoms with E-state index in [0.717, 1.165) is 6.42 Å². The van der Waals surface area contributed by atoms with E-state index in [4.69, 9.17) is 22.3 Å². The van der Waals surface area contributed by atoms with Crippen LogP contribution in [0.4, 0.5) is 0 Å². The molecule has 0 amide bonds. The van der Waals surface area contributed by atoms with E-state index in [9.17, 15) is 4.79 Å². The summed E-state index contributed by atoms with van der Waals surface area (Å²) < 4.78 is 38.9. The Labute approximate surface area is 172 Å². The van der Waals surface area contributed by atoms with Gasteiger partial charge in [-0.05, 0) is 6.42 Å². The van der Waals surface area contributed by atoms with Crippen molar-refractivity contribution in [1.29, 1.82) is 0 Å². The van der Waals surface area contributed by atoms with Gasteiger partial charge in [0.2, 0.25) is 0 Å². The molecular formula is C12H24Na2O6S. The first kappa shape index (κ1) is 30.2. The maximum absolute atomic E-state index is 10.4. The summed E-state index contributed by atoms with van der Waals surface area (Å²) >= 11 is 0. The molecule has 0 aliphatic heterocycles. The zero-order chi connectivity index (χ0) is 15.1. The van der Waals surface area contributed by atoms with Crippen molar-refractivity contribution < 1.29 is 86.2 Å². The van der Waals surface area contributed by atoms with Gasteiger partial charge in [-0.15, -0.1) is 0 Å². The van der Waals surface area contributed by atoms with Crippen LogP contribution >= 0.6 is 0 Å². The molecule has 116 valence electrons. The summed E-state index contributed by atoms with van der Waals surface area (Å²) in [6, 6.07) is 0. The fourth-order valence-corrected chi connectivity index (χ4v) is 1.45. The minimum atomic E-state index is -5.17. The second kappa shape index (κ2) is 21.3. The molecule has 0 aromatic carbocycles. The maximum atomic E-state index is 10.4. The Bertz CT molecular complexity index is 301. The van der Waals surface area contributed by atoms with E-state index in [-0.39, 0.29) is 65.1 Å². The predicted molar refractivity (Wildman–Crippen MR) is 69.7 cm³/mol. The van der Waals surface area contributed by atoms with E-state index in [0.29, 0.717) is 6.61 Å². The molecule has 9 heteroatoms. The minimum Gasteiger partial charge on any atom is -0.759 e. The van der Waals surface area contributed by atoms with Crippen molar-refractivity contribution in [3.63, 3.8) is 0 Å². The Morgan fingerprint density at radius 3 is 1.57 bits per heavy atom. The Balaban J connectivity index is -0.000000179. The first-order valence-corrected chi connectivity index (χ1v) is 7.90. The van der Waals surface area contributed by atoms with Gasteiger partial charge in [0.05, 0.1) is 6.61 Å². The molecule has 21 heavy (non-hydrogen) atoms. The van der Waals surface area contributed by atoms with Crippen molar-refractivity contribution in [2.75, 3.05) is 6.61 Å². The van der Waals surface area contributed by atoms with Crippen molar-refractivity contribution in [2.45, 2.75) is 65.2 Å². The van der Waals surface area contributed by atoms with Crippen LogP contribution in [-0.4, -0.2) is 30.1 Å². The summed E-state index contributed by atoms with van der Waals surface area (Å²) in [5, 5.41) is 0. The summed E-state index contributed by atoms with van der Waals surface area (Å²) in [5.74, 6) is -0.159. The van der Waals surface area contributed by atoms with Crippen LogP contribution in [-0.2, 0) is 19.9 Å². The number of hydrogen-bond donors (Lipinski definition) is 0. The van der Waals surface area contributed by atoms with Crippen LogP contribution in [0, 0.1) is 0 Å². The van der Waals surface area contributed by atoms with Crippen molar-refractivity contribution in [3.8, 4) is 0 Å². The van der Waals surface area contributed by atoms with Crippen LogP contribution in [0.5, 0.6) is 0 Å². The quantitative estimate of drug-likeness (QED) is 0.141. The fraction of sp³-hybridized carbons (Fsp3) is 0.917. The van der Waals surface area contributed by atoms with Crippen LogP contribution in [0.25, 0.3) is 0 Å². The van der Waals surface area contributed by atoms with Crippen LogP contribution < -0.4 is 59.1 Å². The second-order valence-corrected chi connectivity index (χ2v) is 5.04. The number of carbonyl (C=O) groups is 1. The summed E-state index contributed by atoms with van der Waals surface area (Å²) in [6.07, 6.45) is 10.2. The van der Waals surface area contributed by atoms with E-state index < -0.39 is 10.4 Å². The van der Waals surface area contributed by atoms with E-state index in [2.05, 4.69) is 6.92 Å². The normalized spacial score (nSPS) is 9.52. The summed E-state index contributed by atoms with van der Waals surface area (Å²) in [4.78, 5) is 10.4. The van der Waals surface area contributed by atoms with Crippen molar-refractivity contribution in [3.05, 3.63) is 0 Å². The molecule has 0 bridgehead atoms. The third-order valence-electron chi connectivity index (χ3n) is 2.30. The smallest absolute Gasteiger partial charge is 0.759 e. The van der Waals surface area contributed by atoms with Crippen molar-refractivity contribution >= 4 is 16.4 Å². The van der Waals surface area contributed by atoms with E-state index >= 15 is 0 Å². The van der Waals surface area contributed by atoms with Gasteiger partial charge >= 0.3 is 65.1 Å². The molecule has 0 N–H and O–H groups in total. The van der Waals surface area contributed by atoms with Crippen LogP contribution in [0.3, 0.4) is 0 Å². The molecule has 0 saturated carbocycles. The molecule has 0 saturated heterocycles. The zero-order valence-electron chi connectivity index (χ0n) is 13.7. The topological polar surface area (TPSA) is 107 Å². The average Bonchev–Trinajstić information content (AvgIpc) is 2.24. The van der Waals surface area contributed by atoms with Gasteiger partial charge in [-0.2, -0.15) is 0 Å². The van der Waals surface area contributed by atoms with Gasteiger partial charge in [0.25, 0.3) is 0 Å². The number of unbranched alkanes of at least 4 members (excludes halogenated alkanes) is 7. The molecule has 0 rings (SSSR count). The molecule has 0 spiro atoms. The standard InChI is InChI=1S/C12H24O2.2Na.H2O4S/c1-3-4-5-6-7-8-9-10-11-14-12(2)13;;;1-5(2,3)4/h3-11H2,1-2H3;;;(H2,1,2,3,4)/q;2*+1;/p-2. The molecule has 0 aliphatic carbocycles. The van der Waals surface area contributed by atoms with Crippen LogP contribution in [0.15, 0.2) is 0 Å². The molecule has 0 aromatic heterocycles. The molecule has 0 aliphatic rings. The van der Waals surface area contributed by atoms with Gasteiger partial charge < -0.3 is 13.8 Å². The summed E-state index contributed by atoms with van der Waals surface area (Å²) in [6.45, 7) is 4.30. The van der Waals surface area contributed by atoms with Gasteiger partial charge in [0, 0.05) is 17.3 Å². The number of esters is 1. The minimum absolute atomic E-state index is 0. The van der Waals surface area contributed by atoms with Crippen LogP contribution in [0.2, 0.25) is 0 Å².